The van der Waals surface area contributed by atoms with Crippen molar-refractivity contribution < 1.29 is 9.59 Å². The number of hydrogen-bond donors (Lipinski definition) is 1. The zero-order chi connectivity index (χ0) is 18.5. The van der Waals surface area contributed by atoms with Gasteiger partial charge < -0.3 is 10.2 Å². The van der Waals surface area contributed by atoms with E-state index in [1.54, 1.807) is 23.5 Å². The minimum absolute atomic E-state index is 0.00483. The zero-order valence-electron chi connectivity index (χ0n) is 15.3. The Morgan fingerprint density at radius 1 is 1.38 bits per heavy atom. The maximum atomic E-state index is 12.7. The number of anilines is 1. The van der Waals surface area contributed by atoms with Crippen LogP contribution in [-0.4, -0.2) is 38.0 Å². The van der Waals surface area contributed by atoms with Crippen LogP contribution in [0.2, 0.25) is 0 Å². The number of pyridine rings is 1. The van der Waals surface area contributed by atoms with E-state index in [-0.39, 0.29) is 24.2 Å². The highest BCUT2D eigenvalue weighted by molar-refractivity contribution is 5.97. The van der Waals surface area contributed by atoms with Gasteiger partial charge in [0.15, 0.2) is 0 Å². The van der Waals surface area contributed by atoms with Gasteiger partial charge in [-0.15, -0.1) is 0 Å². The second-order valence-electron chi connectivity index (χ2n) is 6.78. The van der Waals surface area contributed by atoms with Gasteiger partial charge in [-0.3, -0.25) is 14.6 Å². The Balaban J connectivity index is 1.62. The van der Waals surface area contributed by atoms with Gasteiger partial charge in [0, 0.05) is 44.0 Å². The molecule has 1 aliphatic heterocycles. The summed E-state index contributed by atoms with van der Waals surface area (Å²) in [6.07, 6.45) is 7.53. The molecule has 1 saturated heterocycles. The fourth-order valence-electron chi connectivity index (χ4n) is 3.15. The average Bonchev–Trinajstić information content (AvgIpc) is 3.18. The monoisotopic (exact) mass is 355 g/mol. The standard InChI is InChI=1S/C19H25N5O2/c1-3-4-8-24-18(14(2)10-21-24)22-19(26)16-9-17(25)23(13-16)12-15-6-5-7-20-11-15/h5-7,10-11,16H,3-4,8-9,12-13H2,1-2H3,(H,22,26). The molecule has 1 fully saturated rings. The molecular weight excluding hydrogens is 330 g/mol. The van der Waals surface area contributed by atoms with Crippen LogP contribution in [0.1, 0.15) is 37.3 Å². The van der Waals surface area contributed by atoms with Crippen molar-refractivity contribution in [2.24, 2.45) is 5.92 Å². The fraction of sp³-hybridized carbons (Fsp3) is 0.474. The van der Waals surface area contributed by atoms with Gasteiger partial charge in [0.25, 0.3) is 0 Å². The van der Waals surface area contributed by atoms with Gasteiger partial charge in [-0.05, 0) is 25.0 Å². The molecule has 0 spiro atoms. The minimum Gasteiger partial charge on any atom is -0.337 e. The van der Waals surface area contributed by atoms with Gasteiger partial charge in [0.05, 0.1) is 12.1 Å². The predicted octanol–water partition coefficient (Wildman–Crippen LogP) is 2.37. The summed E-state index contributed by atoms with van der Waals surface area (Å²) in [5, 5.41) is 7.32. The summed E-state index contributed by atoms with van der Waals surface area (Å²) in [6.45, 7) is 5.75. The third-order valence-corrected chi connectivity index (χ3v) is 4.67. The normalized spacial score (nSPS) is 16.9. The Hall–Kier alpha value is -2.70. The summed E-state index contributed by atoms with van der Waals surface area (Å²) in [6, 6.07) is 3.78. The molecular formula is C19H25N5O2. The maximum absolute atomic E-state index is 12.7. The molecule has 0 aromatic carbocycles. The SMILES string of the molecule is CCCCn1ncc(C)c1NC(=O)C1CC(=O)N(Cc2cccnc2)C1. The van der Waals surface area contributed by atoms with Crippen molar-refractivity contribution in [3.05, 3.63) is 41.9 Å². The van der Waals surface area contributed by atoms with Crippen LogP contribution in [0.5, 0.6) is 0 Å². The third kappa shape index (κ3) is 4.09. The number of unbranched alkanes of at least 4 members (excludes halogenated alkanes) is 1. The molecule has 2 amide bonds. The molecule has 2 aromatic rings. The highest BCUT2D eigenvalue weighted by atomic mass is 16.2. The van der Waals surface area contributed by atoms with Crippen molar-refractivity contribution in [1.29, 1.82) is 0 Å². The first-order valence-electron chi connectivity index (χ1n) is 9.08. The lowest BCUT2D eigenvalue weighted by molar-refractivity contribution is -0.128. The maximum Gasteiger partial charge on any atom is 0.230 e. The highest BCUT2D eigenvalue weighted by Gasteiger charge is 2.34. The molecule has 0 radical (unpaired) electrons. The average molecular weight is 355 g/mol. The summed E-state index contributed by atoms with van der Waals surface area (Å²) in [5.74, 6) is 0.285. The van der Waals surface area contributed by atoms with Crippen molar-refractivity contribution in [3.8, 4) is 0 Å². The summed E-state index contributed by atoms with van der Waals surface area (Å²) in [7, 11) is 0. The van der Waals surface area contributed by atoms with E-state index in [1.807, 2.05) is 23.7 Å². The van der Waals surface area contributed by atoms with Crippen LogP contribution in [0.15, 0.2) is 30.7 Å². The second-order valence-corrected chi connectivity index (χ2v) is 6.78. The zero-order valence-corrected chi connectivity index (χ0v) is 15.3. The first kappa shape index (κ1) is 18.1. The second kappa shape index (κ2) is 8.12. The largest absolute Gasteiger partial charge is 0.337 e. The molecule has 0 bridgehead atoms. The number of amides is 2. The first-order chi connectivity index (χ1) is 12.6. The number of carbonyl (C=O) groups excluding carboxylic acids is 2. The van der Waals surface area contributed by atoms with Gasteiger partial charge in [0.2, 0.25) is 11.8 Å². The van der Waals surface area contributed by atoms with Crippen LogP contribution < -0.4 is 5.32 Å². The Morgan fingerprint density at radius 3 is 2.96 bits per heavy atom. The molecule has 1 aliphatic rings. The molecule has 3 heterocycles. The highest BCUT2D eigenvalue weighted by Crippen LogP contribution is 2.23. The molecule has 7 nitrogen and oxygen atoms in total. The molecule has 3 rings (SSSR count). The number of rotatable bonds is 7. The van der Waals surface area contributed by atoms with Gasteiger partial charge in [0.1, 0.15) is 5.82 Å². The summed E-state index contributed by atoms with van der Waals surface area (Å²) in [5.41, 5.74) is 1.90. The minimum atomic E-state index is -0.340. The molecule has 1 N–H and O–H groups in total. The number of aromatic nitrogens is 3. The number of likely N-dealkylation sites (tertiary alicyclic amines) is 1. The number of carbonyl (C=O) groups is 2. The van der Waals surface area contributed by atoms with Crippen molar-refractivity contribution in [1.82, 2.24) is 19.7 Å². The van der Waals surface area contributed by atoms with Crippen LogP contribution in [0.3, 0.4) is 0 Å². The Bertz CT molecular complexity index is 771. The lowest BCUT2D eigenvalue weighted by Crippen LogP contribution is -2.28. The van der Waals surface area contributed by atoms with E-state index in [1.165, 1.54) is 0 Å². The van der Waals surface area contributed by atoms with Crippen LogP contribution in [-0.2, 0) is 22.7 Å². The fourth-order valence-corrected chi connectivity index (χ4v) is 3.15. The predicted molar refractivity (Wildman–Crippen MR) is 98.3 cm³/mol. The third-order valence-electron chi connectivity index (χ3n) is 4.67. The number of aryl methyl sites for hydroxylation is 2. The van der Waals surface area contributed by atoms with E-state index in [9.17, 15) is 9.59 Å². The van der Waals surface area contributed by atoms with Crippen molar-refractivity contribution in [2.75, 3.05) is 11.9 Å². The molecule has 7 heteroatoms. The lowest BCUT2D eigenvalue weighted by Gasteiger charge is -2.17. The van der Waals surface area contributed by atoms with E-state index < -0.39 is 0 Å². The van der Waals surface area contributed by atoms with E-state index in [4.69, 9.17) is 0 Å². The first-order valence-corrected chi connectivity index (χ1v) is 9.08. The van der Waals surface area contributed by atoms with Gasteiger partial charge in [-0.1, -0.05) is 19.4 Å². The quantitative estimate of drug-likeness (QED) is 0.827. The molecule has 0 aliphatic carbocycles. The Labute approximate surface area is 153 Å². The lowest BCUT2D eigenvalue weighted by atomic mass is 10.1. The van der Waals surface area contributed by atoms with Gasteiger partial charge >= 0.3 is 0 Å². The Kier molecular flexibility index (Phi) is 5.65. The number of nitrogens with one attached hydrogen (secondary N) is 1. The molecule has 26 heavy (non-hydrogen) atoms. The molecule has 138 valence electrons. The number of hydrogen-bond acceptors (Lipinski definition) is 4. The van der Waals surface area contributed by atoms with E-state index >= 15 is 0 Å². The van der Waals surface area contributed by atoms with E-state index in [2.05, 4.69) is 22.3 Å². The van der Waals surface area contributed by atoms with Crippen LogP contribution in [0.25, 0.3) is 0 Å². The number of nitrogens with zero attached hydrogens (tertiary/aromatic N) is 4. The van der Waals surface area contributed by atoms with Crippen molar-refractivity contribution in [2.45, 2.75) is 46.2 Å². The van der Waals surface area contributed by atoms with Crippen LogP contribution in [0.4, 0.5) is 5.82 Å². The molecule has 0 saturated carbocycles. The molecule has 2 aromatic heterocycles. The smallest absolute Gasteiger partial charge is 0.230 e. The van der Waals surface area contributed by atoms with Crippen LogP contribution >= 0.6 is 0 Å². The van der Waals surface area contributed by atoms with Gasteiger partial charge in [-0.25, -0.2) is 4.68 Å². The summed E-state index contributed by atoms with van der Waals surface area (Å²) in [4.78, 5) is 30.8. The van der Waals surface area contributed by atoms with Crippen LogP contribution in [0, 0.1) is 12.8 Å². The van der Waals surface area contributed by atoms with Crippen molar-refractivity contribution in [3.63, 3.8) is 0 Å². The molecule has 1 atom stereocenters. The van der Waals surface area contributed by atoms with E-state index in [0.717, 1.165) is 36.3 Å². The Morgan fingerprint density at radius 2 is 2.23 bits per heavy atom. The summed E-state index contributed by atoms with van der Waals surface area (Å²) < 4.78 is 1.83. The summed E-state index contributed by atoms with van der Waals surface area (Å²) >= 11 is 0. The topological polar surface area (TPSA) is 80.1 Å². The molecule has 1 unspecified atom stereocenters. The van der Waals surface area contributed by atoms with E-state index in [0.29, 0.717) is 13.1 Å². The van der Waals surface area contributed by atoms with Gasteiger partial charge in [-0.2, -0.15) is 5.10 Å². The van der Waals surface area contributed by atoms with Crippen molar-refractivity contribution >= 4 is 17.6 Å².